The van der Waals surface area contributed by atoms with Gasteiger partial charge in [-0.2, -0.15) is 0 Å². The van der Waals surface area contributed by atoms with Gasteiger partial charge in [0.15, 0.2) is 0 Å². The smallest absolute Gasteiger partial charge is 0.244 e. The summed E-state index contributed by atoms with van der Waals surface area (Å²) in [5.41, 5.74) is 1.66. The standard InChI is InChI=1S/C28H38FN3O5S/c1-5-24(28(34)30-23-9-7-6-8-10-23)31(18-21-12-14-22(29)15-13-21)27(33)19-32(38(4,35)36)25-17-20(2)11-16-26(25)37-3/h11-17,23-24H,5-10,18-19H2,1-4H3,(H,30,34)/t24-/m0/s1. The summed E-state index contributed by atoms with van der Waals surface area (Å²) < 4.78 is 45.7. The van der Waals surface area contributed by atoms with Crippen LogP contribution in [0.4, 0.5) is 10.1 Å². The Morgan fingerprint density at radius 3 is 2.34 bits per heavy atom. The molecule has 38 heavy (non-hydrogen) atoms. The lowest BCUT2D eigenvalue weighted by Gasteiger charge is -2.34. The first-order chi connectivity index (χ1) is 18.0. The zero-order valence-electron chi connectivity index (χ0n) is 22.6. The molecule has 0 heterocycles. The molecular weight excluding hydrogens is 509 g/mol. The van der Waals surface area contributed by atoms with E-state index in [-0.39, 0.29) is 24.2 Å². The van der Waals surface area contributed by atoms with Gasteiger partial charge in [-0.1, -0.05) is 44.4 Å². The Labute approximate surface area is 225 Å². The van der Waals surface area contributed by atoms with E-state index in [1.54, 1.807) is 30.3 Å². The minimum Gasteiger partial charge on any atom is -0.495 e. The van der Waals surface area contributed by atoms with Gasteiger partial charge in [-0.15, -0.1) is 0 Å². The SMILES string of the molecule is CC[C@@H](C(=O)NC1CCCCC1)N(Cc1ccc(F)cc1)C(=O)CN(c1cc(C)ccc1OC)S(C)(=O)=O. The molecule has 1 N–H and O–H groups in total. The lowest BCUT2D eigenvalue weighted by molar-refractivity contribution is -0.140. The van der Waals surface area contributed by atoms with E-state index in [4.69, 9.17) is 4.74 Å². The average Bonchev–Trinajstić information content (AvgIpc) is 2.88. The number of carbonyl (C=O) groups excluding carboxylic acids is 2. The molecule has 10 heteroatoms. The van der Waals surface area contributed by atoms with E-state index in [9.17, 15) is 22.4 Å². The lowest BCUT2D eigenvalue weighted by Crippen LogP contribution is -2.54. The minimum atomic E-state index is -3.89. The van der Waals surface area contributed by atoms with E-state index in [1.165, 1.54) is 24.1 Å². The maximum absolute atomic E-state index is 13.9. The van der Waals surface area contributed by atoms with Gasteiger partial charge in [-0.05, 0) is 61.6 Å². The second-order valence-electron chi connectivity index (χ2n) is 9.86. The van der Waals surface area contributed by atoms with Crippen molar-refractivity contribution >= 4 is 27.5 Å². The van der Waals surface area contributed by atoms with Crippen molar-refractivity contribution in [2.24, 2.45) is 0 Å². The van der Waals surface area contributed by atoms with Crippen LogP contribution in [0.5, 0.6) is 5.75 Å². The number of aryl methyl sites for hydroxylation is 1. The number of benzene rings is 2. The van der Waals surface area contributed by atoms with Gasteiger partial charge in [-0.3, -0.25) is 13.9 Å². The van der Waals surface area contributed by atoms with Crippen LogP contribution in [-0.2, 0) is 26.2 Å². The van der Waals surface area contributed by atoms with Gasteiger partial charge in [0.2, 0.25) is 21.8 Å². The summed E-state index contributed by atoms with van der Waals surface area (Å²) in [5, 5.41) is 3.10. The number of methoxy groups -OCH3 is 1. The van der Waals surface area contributed by atoms with Crippen LogP contribution in [0.1, 0.15) is 56.6 Å². The molecule has 0 saturated heterocycles. The number of hydrogen-bond acceptors (Lipinski definition) is 5. The molecule has 0 aliphatic heterocycles. The van der Waals surface area contributed by atoms with E-state index in [2.05, 4.69) is 5.32 Å². The van der Waals surface area contributed by atoms with Gasteiger partial charge < -0.3 is 15.0 Å². The first-order valence-corrected chi connectivity index (χ1v) is 14.8. The van der Waals surface area contributed by atoms with Crippen LogP contribution in [0.3, 0.4) is 0 Å². The molecule has 1 atom stereocenters. The molecule has 0 unspecified atom stereocenters. The summed E-state index contributed by atoms with van der Waals surface area (Å²) in [6.45, 7) is 3.13. The molecule has 208 valence electrons. The molecule has 3 rings (SSSR count). The molecule has 0 bridgehead atoms. The van der Waals surface area contributed by atoms with Gasteiger partial charge in [0, 0.05) is 12.6 Å². The molecule has 0 aromatic heterocycles. The monoisotopic (exact) mass is 547 g/mol. The number of hydrogen-bond donors (Lipinski definition) is 1. The number of carbonyl (C=O) groups is 2. The first-order valence-electron chi connectivity index (χ1n) is 13.0. The van der Waals surface area contributed by atoms with Crippen LogP contribution in [-0.4, -0.2) is 57.1 Å². The minimum absolute atomic E-state index is 0.0261. The largest absolute Gasteiger partial charge is 0.495 e. The third-order valence-corrected chi connectivity index (χ3v) is 8.01. The first kappa shape index (κ1) is 29.4. The molecule has 1 aliphatic carbocycles. The van der Waals surface area contributed by atoms with Crippen LogP contribution in [0, 0.1) is 12.7 Å². The van der Waals surface area contributed by atoms with Crippen molar-refractivity contribution < 1.29 is 27.1 Å². The highest BCUT2D eigenvalue weighted by Crippen LogP contribution is 2.31. The van der Waals surface area contributed by atoms with Crippen molar-refractivity contribution in [1.82, 2.24) is 10.2 Å². The summed E-state index contributed by atoms with van der Waals surface area (Å²) in [6, 6.07) is 10.0. The molecule has 1 saturated carbocycles. The Hall–Kier alpha value is -3.14. The predicted octanol–water partition coefficient (Wildman–Crippen LogP) is 4.17. The normalized spacial score (nSPS) is 15.0. The van der Waals surface area contributed by atoms with Crippen LogP contribution in [0.15, 0.2) is 42.5 Å². The Morgan fingerprint density at radius 1 is 1.11 bits per heavy atom. The van der Waals surface area contributed by atoms with Crippen molar-refractivity contribution in [3.63, 3.8) is 0 Å². The van der Waals surface area contributed by atoms with Crippen LogP contribution < -0.4 is 14.4 Å². The number of nitrogens with zero attached hydrogens (tertiary/aromatic N) is 2. The third-order valence-electron chi connectivity index (χ3n) is 6.89. The summed E-state index contributed by atoms with van der Waals surface area (Å²) in [5.74, 6) is -0.924. The summed E-state index contributed by atoms with van der Waals surface area (Å²) >= 11 is 0. The molecule has 2 amide bonds. The maximum Gasteiger partial charge on any atom is 0.244 e. The highest BCUT2D eigenvalue weighted by atomic mass is 32.2. The highest BCUT2D eigenvalue weighted by molar-refractivity contribution is 7.92. The number of rotatable bonds is 11. The number of halogens is 1. The molecular formula is C28H38FN3O5S. The fourth-order valence-corrected chi connectivity index (χ4v) is 5.68. The van der Waals surface area contributed by atoms with E-state index in [0.717, 1.165) is 48.2 Å². The van der Waals surface area contributed by atoms with Crippen molar-refractivity contribution in [2.45, 2.75) is 71.0 Å². The second-order valence-corrected chi connectivity index (χ2v) is 11.8. The number of anilines is 1. The van der Waals surface area contributed by atoms with Gasteiger partial charge in [0.25, 0.3) is 0 Å². The number of sulfonamides is 1. The quantitative estimate of drug-likeness (QED) is 0.456. The van der Waals surface area contributed by atoms with E-state index in [1.807, 2.05) is 13.8 Å². The van der Waals surface area contributed by atoms with Crippen molar-refractivity contribution in [1.29, 1.82) is 0 Å². The topological polar surface area (TPSA) is 96.0 Å². The zero-order chi connectivity index (χ0) is 27.9. The lowest BCUT2D eigenvalue weighted by atomic mass is 9.95. The van der Waals surface area contributed by atoms with Gasteiger partial charge in [-0.25, -0.2) is 12.8 Å². The molecule has 2 aromatic carbocycles. The predicted molar refractivity (Wildman–Crippen MR) is 146 cm³/mol. The van der Waals surface area contributed by atoms with Crippen molar-refractivity contribution in [3.8, 4) is 5.75 Å². The molecule has 2 aromatic rings. The fraction of sp³-hybridized carbons (Fsp3) is 0.500. The Bertz CT molecular complexity index is 1210. The third kappa shape index (κ3) is 7.69. The molecule has 1 aliphatic rings. The molecule has 0 radical (unpaired) electrons. The Balaban J connectivity index is 1.95. The average molecular weight is 548 g/mol. The summed E-state index contributed by atoms with van der Waals surface area (Å²) in [7, 11) is -2.46. The van der Waals surface area contributed by atoms with E-state index in [0.29, 0.717) is 17.7 Å². The number of ether oxygens (including phenoxy) is 1. The second kappa shape index (κ2) is 13.1. The number of nitrogens with one attached hydrogen (secondary N) is 1. The Morgan fingerprint density at radius 2 is 1.76 bits per heavy atom. The van der Waals surface area contributed by atoms with Gasteiger partial charge in [0.1, 0.15) is 24.2 Å². The van der Waals surface area contributed by atoms with Gasteiger partial charge >= 0.3 is 0 Å². The van der Waals surface area contributed by atoms with Crippen LogP contribution in [0.25, 0.3) is 0 Å². The molecule has 8 nitrogen and oxygen atoms in total. The van der Waals surface area contributed by atoms with Crippen molar-refractivity contribution in [2.75, 3.05) is 24.2 Å². The molecule has 0 spiro atoms. The fourth-order valence-electron chi connectivity index (χ4n) is 4.84. The Kier molecular flexibility index (Phi) is 10.1. The van der Waals surface area contributed by atoms with E-state index >= 15 is 0 Å². The van der Waals surface area contributed by atoms with Gasteiger partial charge in [0.05, 0.1) is 19.1 Å². The zero-order valence-corrected chi connectivity index (χ0v) is 23.4. The number of amides is 2. The van der Waals surface area contributed by atoms with Crippen LogP contribution >= 0.6 is 0 Å². The summed E-state index contributed by atoms with van der Waals surface area (Å²) in [4.78, 5) is 28.7. The van der Waals surface area contributed by atoms with Crippen molar-refractivity contribution in [3.05, 3.63) is 59.4 Å². The van der Waals surface area contributed by atoms with E-state index < -0.39 is 34.3 Å². The summed E-state index contributed by atoms with van der Waals surface area (Å²) in [6.07, 6.45) is 6.37. The van der Waals surface area contributed by atoms with Crippen LogP contribution in [0.2, 0.25) is 0 Å². The maximum atomic E-state index is 13.9. The highest BCUT2D eigenvalue weighted by Gasteiger charge is 2.33. The molecule has 1 fully saturated rings.